The van der Waals surface area contributed by atoms with Crippen LogP contribution in [0, 0.1) is 18.6 Å². The summed E-state index contributed by atoms with van der Waals surface area (Å²) >= 11 is 0. The average molecular weight is 227 g/mol. The maximum Gasteiger partial charge on any atom is 0.264 e. The molecule has 0 aliphatic rings. The Labute approximate surface area is 78.6 Å². The Kier molecular flexibility index (Phi) is 2.58. The summed E-state index contributed by atoms with van der Waals surface area (Å²) in [6.45, 7) is 1.44. The number of halogens is 3. The van der Waals surface area contributed by atoms with Gasteiger partial charge in [0.15, 0.2) is 11.6 Å². The number of hydrogen-bond acceptors (Lipinski definition) is 2. The summed E-state index contributed by atoms with van der Waals surface area (Å²) < 4.78 is 46.9. The lowest BCUT2D eigenvalue weighted by Gasteiger charge is -2.01. The Balaban J connectivity index is 3.56. The van der Waals surface area contributed by atoms with Crippen LogP contribution in [-0.2, 0) is 9.05 Å². The van der Waals surface area contributed by atoms with Crippen molar-refractivity contribution in [1.29, 1.82) is 0 Å². The SMILES string of the molecule is Cc1cc(F)c(F)c(S(=O)(=O)Cl)c1. The molecule has 0 radical (unpaired) electrons. The van der Waals surface area contributed by atoms with Gasteiger partial charge in [-0.15, -0.1) is 0 Å². The van der Waals surface area contributed by atoms with E-state index in [1.165, 1.54) is 6.92 Å². The molecule has 1 aromatic carbocycles. The van der Waals surface area contributed by atoms with Crippen molar-refractivity contribution < 1.29 is 17.2 Å². The second-order valence-corrected chi connectivity index (χ2v) is 5.03. The molecule has 0 aliphatic carbocycles. The van der Waals surface area contributed by atoms with Gasteiger partial charge in [0.25, 0.3) is 9.05 Å². The third-order valence-corrected chi connectivity index (χ3v) is 2.72. The maximum absolute atomic E-state index is 12.8. The van der Waals surface area contributed by atoms with Crippen LogP contribution >= 0.6 is 10.7 Å². The molecule has 2 nitrogen and oxygen atoms in total. The Hall–Kier alpha value is -0.680. The standard InChI is InChI=1S/C7H5ClF2O2S/c1-4-2-5(9)7(10)6(3-4)13(8,11)12/h2-3H,1H3. The van der Waals surface area contributed by atoms with Crippen molar-refractivity contribution in [3.05, 3.63) is 29.3 Å². The van der Waals surface area contributed by atoms with Crippen LogP contribution in [0.5, 0.6) is 0 Å². The topological polar surface area (TPSA) is 34.1 Å². The van der Waals surface area contributed by atoms with Crippen molar-refractivity contribution >= 4 is 19.7 Å². The highest BCUT2D eigenvalue weighted by Crippen LogP contribution is 2.22. The van der Waals surface area contributed by atoms with Gasteiger partial charge in [-0.05, 0) is 24.6 Å². The molecule has 0 atom stereocenters. The summed E-state index contributed by atoms with van der Waals surface area (Å²) in [5, 5.41) is 0. The van der Waals surface area contributed by atoms with Crippen LogP contribution in [0.25, 0.3) is 0 Å². The van der Waals surface area contributed by atoms with Crippen LogP contribution in [-0.4, -0.2) is 8.42 Å². The molecule has 0 aromatic heterocycles. The molecule has 0 N–H and O–H groups in total. The quantitative estimate of drug-likeness (QED) is 0.688. The van der Waals surface area contributed by atoms with E-state index in [9.17, 15) is 17.2 Å². The highest BCUT2D eigenvalue weighted by molar-refractivity contribution is 8.13. The molecule has 0 amide bonds. The van der Waals surface area contributed by atoms with E-state index < -0.39 is 25.6 Å². The molecule has 0 aliphatic heterocycles. The molecule has 72 valence electrons. The van der Waals surface area contributed by atoms with Crippen molar-refractivity contribution in [3.8, 4) is 0 Å². The minimum absolute atomic E-state index is 0.290. The van der Waals surface area contributed by atoms with Gasteiger partial charge >= 0.3 is 0 Å². The normalized spacial score (nSPS) is 11.7. The third-order valence-electron chi connectivity index (χ3n) is 1.40. The number of benzene rings is 1. The molecule has 13 heavy (non-hydrogen) atoms. The van der Waals surface area contributed by atoms with Gasteiger partial charge < -0.3 is 0 Å². The summed E-state index contributed by atoms with van der Waals surface area (Å²) in [5.41, 5.74) is 0.290. The lowest BCUT2D eigenvalue weighted by molar-refractivity contribution is 0.485. The molecular weight excluding hydrogens is 222 g/mol. The second kappa shape index (κ2) is 3.23. The fourth-order valence-electron chi connectivity index (χ4n) is 0.870. The van der Waals surface area contributed by atoms with Crippen molar-refractivity contribution in [3.63, 3.8) is 0 Å². The van der Waals surface area contributed by atoms with E-state index in [1.54, 1.807) is 0 Å². The smallest absolute Gasteiger partial charge is 0.207 e. The Morgan fingerprint density at radius 2 is 1.85 bits per heavy atom. The van der Waals surface area contributed by atoms with Gasteiger partial charge in [0.05, 0.1) is 0 Å². The molecule has 0 saturated heterocycles. The van der Waals surface area contributed by atoms with E-state index in [1.807, 2.05) is 0 Å². The van der Waals surface area contributed by atoms with E-state index >= 15 is 0 Å². The van der Waals surface area contributed by atoms with Crippen LogP contribution in [0.1, 0.15) is 5.56 Å². The van der Waals surface area contributed by atoms with Gasteiger partial charge in [0.2, 0.25) is 0 Å². The van der Waals surface area contributed by atoms with Gasteiger partial charge in [0.1, 0.15) is 4.90 Å². The highest BCUT2D eigenvalue weighted by Gasteiger charge is 2.19. The maximum atomic E-state index is 12.8. The zero-order valence-electron chi connectivity index (χ0n) is 6.51. The van der Waals surface area contributed by atoms with Crippen LogP contribution in [0.2, 0.25) is 0 Å². The highest BCUT2D eigenvalue weighted by atomic mass is 35.7. The van der Waals surface area contributed by atoms with E-state index in [0.29, 0.717) is 0 Å². The fraction of sp³-hybridized carbons (Fsp3) is 0.143. The van der Waals surface area contributed by atoms with Crippen molar-refractivity contribution in [2.45, 2.75) is 11.8 Å². The van der Waals surface area contributed by atoms with E-state index in [-0.39, 0.29) is 5.56 Å². The molecule has 6 heteroatoms. The van der Waals surface area contributed by atoms with E-state index in [0.717, 1.165) is 12.1 Å². The summed E-state index contributed by atoms with van der Waals surface area (Å²) in [4.78, 5) is -0.827. The largest absolute Gasteiger partial charge is 0.264 e. The second-order valence-electron chi connectivity index (χ2n) is 2.50. The first-order valence-corrected chi connectivity index (χ1v) is 5.53. The summed E-state index contributed by atoms with van der Waals surface area (Å²) in [5.74, 6) is -2.67. The van der Waals surface area contributed by atoms with Gasteiger partial charge in [0, 0.05) is 10.7 Å². The van der Waals surface area contributed by atoms with Gasteiger partial charge in [-0.25, -0.2) is 17.2 Å². The Morgan fingerprint density at radius 1 is 1.31 bits per heavy atom. The zero-order chi connectivity index (χ0) is 10.2. The molecule has 0 spiro atoms. The van der Waals surface area contributed by atoms with Crippen LogP contribution < -0.4 is 0 Å². The molecule has 0 unspecified atom stereocenters. The number of rotatable bonds is 1. The monoisotopic (exact) mass is 226 g/mol. The Bertz CT molecular complexity index is 442. The van der Waals surface area contributed by atoms with E-state index in [4.69, 9.17) is 10.7 Å². The minimum atomic E-state index is -4.22. The fourth-order valence-corrected chi connectivity index (χ4v) is 1.85. The molecule has 1 rings (SSSR count). The van der Waals surface area contributed by atoms with Gasteiger partial charge in [-0.1, -0.05) is 0 Å². The van der Waals surface area contributed by atoms with Crippen molar-refractivity contribution in [1.82, 2.24) is 0 Å². The van der Waals surface area contributed by atoms with Crippen LogP contribution in [0.15, 0.2) is 17.0 Å². The zero-order valence-corrected chi connectivity index (χ0v) is 8.09. The van der Waals surface area contributed by atoms with Crippen LogP contribution in [0.4, 0.5) is 8.78 Å². The molecule has 1 aromatic rings. The number of aryl methyl sites for hydroxylation is 1. The molecular formula is C7H5ClF2O2S. The minimum Gasteiger partial charge on any atom is -0.207 e. The number of hydrogen-bond donors (Lipinski definition) is 0. The predicted molar refractivity (Wildman–Crippen MR) is 44.1 cm³/mol. The van der Waals surface area contributed by atoms with Crippen LogP contribution in [0.3, 0.4) is 0 Å². The molecule has 0 bridgehead atoms. The molecule has 0 heterocycles. The first-order chi connectivity index (χ1) is 5.82. The molecule has 0 saturated carbocycles. The predicted octanol–water partition coefficient (Wildman–Crippen LogP) is 2.20. The van der Waals surface area contributed by atoms with Gasteiger partial charge in [-0.3, -0.25) is 0 Å². The first kappa shape index (κ1) is 10.4. The summed E-state index contributed by atoms with van der Waals surface area (Å²) in [6, 6.07) is 1.86. The van der Waals surface area contributed by atoms with Crippen molar-refractivity contribution in [2.75, 3.05) is 0 Å². The summed E-state index contributed by atoms with van der Waals surface area (Å²) in [7, 11) is 0.652. The summed E-state index contributed by atoms with van der Waals surface area (Å²) in [6.07, 6.45) is 0. The van der Waals surface area contributed by atoms with Gasteiger partial charge in [-0.2, -0.15) is 0 Å². The lowest BCUT2D eigenvalue weighted by Crippen LogP contribution is -1.99. The first-order valence-electron chi connectivity index (χ1n) is 3.22. The van der Waals surface area contributed by atoms with E-state index in [2.05, 4.69) is 0 Å². The molecule has 0 fully saturated rings. The third kappa shape index (κ3) is 2.16. The lowest BCUT2D eigenvalue weighted by atomic mass is 10.2. The van der Waals surface area contributed by atoms with Crippen molar-refractivity contribution in [2.24, 2.45) is 0 Å². The average Bonchev–Trinajstić information content (AvgIpc) is 1.94. The Morgan fingerprint density at radius 3 is 2.31 bits per heavy atom.